The Hall–Kier alpha value is -2.31. The van der Waals surface area contributed by atoms with E-state index in [4.69, 9.17) is 9.47 Å². The standard InChI is InChI=1S/C27H33F3O3/c1-3-5-15-32-25-14-13-21(26(29)27(25)30)19-8-10-20(11-9-19)33-17-18-7-12-22(23(28)16-18)24(31)6-4-2/h3,7,12-14,16,19-20,24,31H,1,4-6,8-11,15,17H2,2H3. The van der Waals surface area contributed by atoms with Gasteiger partial charge in [-0.25, -0.2) is 8.78 Å². The first-order valence-corrected chi connectivity index (χ1v) is 11.7. The minimum Gasteiger partial charge on any atom is -0.490 e. The molecule has 1 unspecified atom stereocenters. The lowest BCUT2D eigenvalue weighted by atomic mass is 9.82. The van der Waals surface area contributed by atoms with Gasteiger partial charge in [0.1, 0.15) is 5.82 Å². The molecule has 0 bridgehead atoms. The van der Waals surface area contributed by atoms with Gasteiger partial charge in [0.05, 0.1) is 25.4 Å². The predicted molar refractivity (Wildman–Crippen MR) is 123 cm³/mol. The average Bonchev–Trinajstić information content (AvgIpc) is 2.81. The zero-order chi connectivity index (χ0) is 23.8. The fourth-order valence-corrected chi connectivity index (χ4v) is 4.34. The fourth-order valence-electron chi connectivity index (χ4n) is 4.34. The molecule has 1 aliphatic rings. The first-order valence-electron chi connectivity index (χ1n) is 11.7. The molecular formula is C27H33F3O3. The Kier molecular flexibility index (Phi) is 9.39. The van der Waals surface area contributed by atoms with Gasteiger partial charge in [-0.05, 0) is 67.7 Å². The summed E-state index contributed by atoms with van der Waals surface area (Å²) in [5.41, 5.74) is 1.40. The van der Waals surface area contributed by atoms with Crippen molar-refractivity contribution in [3.05, 3.63) is 77.1 Å². The number of aliphatic hydroxyl groups is 1. The molecule has 1 saturated carbocycles. The third-order valence-corrected chi connectivity index (χ3v) is 6.24. The molecule has 0 amide bonds. The number of hydrogen-bond donors (Lipinski definition) is 1. The number of benzene rings is 2. The smallest absolute Gasteiger partial charge is 0.200 e. The van der Waals surface area contributed by atoms with E-state index in [9.17, 15) is 18.3 Å². The van der Waals surface area contributed by atoms with E-state index in [0.29, 0.717) is 42.4 Å². The van der Waals surface area contributed by atoms with Crippen LogP contribution in [-0.4, -0.2) is 17.8 Å². The molecule has 1 atom stereocenters. The summed E-state index contributed by atoms with van der Waals surface area (Å²) in [6, 6.07) is 7.92. The Bertz CT molecular complexity index is 923. The minimum absolute atomic E-state index is 0.0101. The molecule has 0 radical (unpaired) electrons. The van der Waals surface area contributed by atoms with Crippen molar-refractivity contribution in [1.29, 1.82) is 0 Å². The molecule has 6 heteroatoms. The van der Waals surface area contributed by atoms with Gasteiger partial charge in [-0.15, -0.1) is 6.58 Å². The van der Waals surface area contributed by atoms with E-state index in [1.807, 2.05) is 6.92 Å². The Morgan fingerprint density at radius 2 is 1.85 bits per heavy atom. The molecule has 0 aromatic heterocycles. The zero-order valence-corrected chi connectivity index (χ0v) is 19.2. The van der Waals surface area contributed by atoms with Crippen molar-refractivity contribution in [3.8, 4) is 5.75 Å². The lowest BCUT2D eigenvalue weighted by Gasteiger charge is -2.29. The number of halogens is 3. The molecule has 0 heterocycles. The Balaban J connectivity index is 1.52. The van der Waals surface area contributed by atoms with Crippen molar-refractivity contribution < 1.29 is 27.8 Å². The maximum atomic E-state index is 14.6. The summed E-state index contributed by atoms with van der Waals surface area (Å²) in [6.07, 6.45) is 5.53. The largest absolute Gasteiger partial charge is 0.490 e. The van der Waals surface area contributed by atoms with Crippen LogP contribution in [0.2, 0.25) is 0 Å². The summed E-state index contributed by atoms with van der Waals surface area (Å²) in [4.78, 5) is 0. The van der Waals surface area contributed by atoms with Crippen molar-refractivity contribution in [2.45, 2.75) is 76.6 Å². The maximum absolute atomic E-state index is 14.6. The fraction of sp³-hybridized carbons (Fsp3) is 0.481. The van der Waals surface area contributed by atoms with Gasteiger partial charge in [-0.2, -0.15) is 4.39 Å². The van der Waals surface area contributed by atoms with E-state index in [2.05, 4.69) is 6.58 Å². The summed E-state index contributed by atoms with van der Waals surface area (Å²) >= 11 is 0. The third-order valence-electron chi connectivity index (χ3n) is 6.24. The van der Waals surface area contributed by atoms with E-state index < -0.39 is 23.6 Å². The van der Waals surface area contributed by atoms with Crippen LogP contribution in [0.1, 0.15) is 80.6 Å². The molecule has 0 aliphatic heterocycles. The Morgan fingerprint density at radius 1 is 1.09 bits per heavy atom. The van der Waals surface area contributed by atoms with Gasteiger partial charge in [-0.1, -0.05) is 37.6 Å². The SMILES string of the molecule is C=CCCOc1ccc(C2CCC(OCc3ccc(C(O)CCC)c(F)c3)CC2)c(F)c1F. The molecule has 1 fully saturated rings. The van der Waals surface area contributed by atoms with E-state index in [1.165, 1.54) is 12.1 Å². The monoisotopic (exact) mass is 462 g/mol. The summed E-state index contributed by atoms with van der Waals surface area (Å²) in [7, 11) is 0. The molecule has 180 valence electrons. The molecule has 0 spiro atoms. The van der Waals surface area contributed by atoms with Gasteiger partial charge in [0.2, 0.25) is 5.82 Å². The van der Waals surface area contributed by atoms with Crippen molar-refractivity contribution in [1.82, 2.24) is 0 Å². The highest BCUT2D eigenvalue weighted by Crippen LogP contribution is 2.37. The normalized spacial score (nSPS) is 19.3. The quantitative estimate of drug-likeness (QED) is 0.285. The lowest BCUT2D eigenvalue weighted by molar-refractivity contribution is 0.0129. The average molecular weight is 463 g/mol. The van der Waals surface area contributed by atoms with Gasteiger partial charge in [0.25, 0.3) is 0 Å². The molecule has 3 rings (SSSR count). The summed E-state index contributed by atoms with van der Waals surface area (Å²) in [5.74, 6) is -2.34. The van der Waals surface area contributed by atoms with E-state index in [-0.39, 0.29) is 31.0 Å². The highest BCUT2D eigenvalue weighted by molar-refractivity contribution is 5.33. The first-order chi connectivity index (χ1) is 15.9. The maximum Gasteiger partial charge on any atom is 0.200 e. The summed E-state index contributed by atoms with van der Waals surface area (Å²) < 4.78 is 54.6. The van der Waals surface area contributed by atoms with E-state index in [1.54, 1.807) is 24.3 Å². The number of hydrogen-bond acceptors (Lipinski definition) is 3. The van der Waals surface area contributed by atoms with Crippen molar-refractivity contribution in [3.63, 3.8) is 0 Å². The number of aliphatic hydroxyl groups excluding tert-OH is 1. The topological polar surface area (TPSA) is 38.7 Å². The van der Waals surface area contributed by atoms with Crippen LogP contribution in [0.25, 0.3) is 0 Å². The van der Waals surface area contributed by atoms with Crippen molar-refractivity contribution >= 4 is 0 Å². The van der Waals surface area contributed by atoms with Crippen LogP contribution in [0, 0.1) is 17.5 Å². The van der Waals surface area contributed by atoms with Crippen molar-refractivity contribution in [2.75, 3.05) is 6.61 Å². The van der Waals surface area contributed by atoms with E-state index >= 15 is 0 Å². The molecule has 33 heavy (non-hydrogen) atoms. The molecule has 2 aromatic rings. The van der Waals surface area contributed by atoms with Crippen LogP contribution in [0.4, 0.5) is 13.2 Å². The van der Waals surface area contributed by atoms with Crippen molar-refractivity contribution in [2.24, 2.45) is 0 Å². The second-order valence-corrected chi connectivity index (χ2v) is 8.65. The van der Waals surface area contributed by atoms with Crippen LogP contribution in [-0.2, 0) is 11.3 Å². The second kappa shape index (κ2) is 12.2. The summed E-state index contributed by atoms with van der Waals surface area (Å²) in [5, 5.41) is 10.0. The molecule has 1 N–H and O–H groups in total. The number of rotatable bonds is 11. The van der Waals surface area contributed by atoms with Crippen LogP contribution in [0.3, 0.4) is 0 Å². The molecular weight excluding hydrogens is 429 g/mol. The van der Waals surface area contributed by atoms with Crippen LogP contribution >= 0.6 is 0 Å². The molecule has 2 aromatic carbocycles. The van der Waals surface area contributed by atoms with Gasteiger partial charge >= 0.3 is 0 Å². The van der Waals surface area contributed by atoms with Gasteiger partial charge in [0.15, 0.2) is 11.6 Å². The van der Waals surface area contributed by atoms with Crippen LogP contribution in [0.15, 0.2) is 43.0 Å². The summed E-state index contributed by atoms with van der Waals surface area (Å²) in [6.45, 7) is 6.05. The Labute approximate surface area is 194 Å². The molecule has 0 saturated heterocycles. The van der Waals surface area contributed by atoms with E-state index in [0.717, 1.165) is 19.3 Å². The Morgan fingerprint density at radius 3 is 2.52 bits per heavy atom. The minimum atomic E-state index is -0.940. The predicted octanol–water partition coefficient (Wildman–Crippen LogP) is 7.14. The van der Waals surface area contributed by atoms with Gasteiger partial charge < -0.3 is 14.6 Å². The number of ether oxygens (including phenoxy) is 2. The lowest BCUT2D eigenvalue weighted by Crippen LogP contribution is -2.21. The third kappa shape index (κ3) is 6.61. The van der Waals surface area contributed by atoms with Crippen LogP contribution < -0.4 is 4.74 Å². The first kappa shape index (κ1) is 25.3. The van der Waals surface area contributed by atoms with Gasteiger partial charge in [-0.3, -0.25) is 0 Å². The molecule has 1 aliphatic carbocycles. The second-order valence-electron chi connectivity index (χ2n) is 8.65. The highest BCUT2D eigenvalue weighted by Gasteiger charge is 2.27. The zero-order valence-electron chi connectivity index (χ0n) is 19.2. The van der Waals surface area contributed by atoms with Gasteiger partial charge in [0, 0.05) is 5.56 Å². The molecule has 3 nitrogen and oxygen atoms in total. The van der Waals surface area contributed by atoms with Crippen LogP contribution in [0.5, 0.6) is 5.75 Å². The highest BCUT2D eigenvalue weighted by atomic mass is 19.2.